The largest absolute Gasteiger partial charge is 0.480 e. The fourth-order valence-corrected chi connectivity index (χ4v) is 1.03. The number of hydrogen-bond donors (Lipinski definition) is 4. The van der Waals surface area contributed by atoms with E-state index >= 15 is 0 Å². The number of carboxylic acid groups (broad SMARTS) is 1. The summed E-state index contributed by atoms with van der Waals surface area (Å²) in [5, 5.41) is 19.6. The van der Waals surface area contributed by atoms with Gasteiger partial charge in [-0.05, 0) is 6.42 Å². The van der Waals surface area contributed by atoms with Crippen molar-refractivity contribution in [2.24, 2.45) is 0 Å². The number of carbonyl (C=O) groups is 2. The van der Waals surface area contributed by atoms with E-state index in [2.05, 4.69) is 25.8 Å². The number of hydrogen-bond acceptors (Lipinski definition) is 4. The average molecular weight is 227 g/mol. The van der Waals surface area contributed by atoms with Crippen LogP contribution in [0.1, 0.15) is 19.2 Å². The first-order chi connectivity index (χ1) is 7.63. The van der Waals surface area contributed by atoms with Crippen molar-refractivity contribution in [3.8, 4) is 0 Å². The van der Waals surface area contributed by atoms with Gasteiger partial charge < -0.3 is 15.7 Å². The summed E-state index contributed by atoms with van der Waals surface area (Å²) < 4.78 is 0. The lowest BCUT2D eigenvalue weighted by molar-refractivity contribution is -0.139. The second-order valence-electron chi connectivity index (χ2n) is 3.06. The van der Waals surface area contributed by atoms with Gasteiger partial charge in [0.25, 0.3) is 0 Å². The highest BCUT2D eigenvalue weighted by Gasteiger charge is 2.17. The molecule has 4 N–H and O–H groups in total. The van der Waals surface area contributed by atoms with Crippen LogP contribution in [0.5, 0.6) is 0 Å². The number of carbonyl (C=O) groups excluding carboxylic acids is 1. The Morgan fingerprint density at radius 1 is 1.62 bits per heavy atom. The Balaban J connectivity index is 2.33. The molecule has 0 aliphatic rings. The summed E-state index contributed by atoms with van der Waals surface area (Å²) in [7, 11) is 0. The number of aliphatic carboxylic acids is 1. The molecule has 1 heterocycles. The zero-order valence-electron chi connectivity index (χ0n) is 8.73. The average Bonchev–Trinajstić information content (AvgIpc) is 2.75. The van der Waals surface area contributed by atoms with Crippen molar-refractivity contribution in [1.82, 2.24) is 25.8 Å². The van der Waals surface area contributed by atoms with Crippen molar-refractivity contribution in [3.63, 3.8) is 0 Å². The van der Waals surface area contributed by atoms with Gasteiger partial charge in [0.2, 0.25) is 0 Å². The van der Waals surface area contributed by atoms with E-state index in [-0.39, 0.29) is 6.54 Å². The van der Waals surface area contributed by atoms with Gasteiger partial charge in [-0.1, -0.05) is 6.92 Å². The van der Waals surface area contributed by atoms with Gasteiger partial charge >= 0.3 is 12.0 Å². The molecule has 0 spiro atoms. The number of aromatic nitrogens is 3. The molecule has 8 heteroatoms. The minimum Gasteiger partial charge on any atom is -0.480 e. The molecule has 0 aromatic carbocycles. The Hall–Kier alpha value is -2.12. The highest BCUT2D eigenvalue weighted by Crippen LogP contribution is 1.91. The minimum absolute atomic E-state index is 0.169. The molecule has 2 amide bonds. The summed E-state index contributed by atoms with van der Waals surface area (Å²) in [6, 6.07) is -1.43. The third kappa shape index (κ3) is 3.56. The van der Waals surface area contributed by atoms with E-state index in [1.807, 2.05) is 0 Å². The summed E-state index contributed by atoms with van der Waals surface area (Å²) in [5.74, 6) is -0.559. The van der Waals surface area contributed by atoms with E-state index < -0.39 is 18.0 Å². The van der Waals surface area contributed by atoms with Gasteiger partial charge in [-0.3, -0.25) is 5.10 Å². The van der Waals surface area contributed by atoms with Crippen LogP contribution in [-0.2, 0) is 11.3 Å². The normalized spacial score (nSPS) is 11.8. The molecule has 1 rings (SSSR count). The number of nitrogens with one attached hydrogen (secondary N) is 3. The molecule has 0 unspecified atom stereocenters. The van der Waals surface area contributed by atoms with Gasteiger partial charge in [0.1, 0.15) is 18.2 Å². The molecule has 0 radical (unpaired) electrons. The van der Waals surface area contributed by atoms with E-state index in [1.165, 1.54) is 6.33 Å². The maximum Gasteiger partial charge on any atom is 0.326 e. The molecule has 0 bridgehead atoms. The van der Waals surface area contributed by atoms with Gasteiger partial charge in [0, 0.05) is 0 Å². The number of rotatable bonds is 5. The maximum atomic E-state index is 11.3. The van der Waals surface area contributed by atoms with Crippen molar-refractivity contribution in [3.05, 3.63) is 12.2 Å². The lowest BCUT2D eigenvalue weighted by Crippen LogP contribution is -2.45. The zero-order chi connectivity index (χ0) is 12.0. The summed E-state index contributed by atoms with van der Waals surface area (Å²) >= 11 is 0. The van der Waals surface area contributed by atoms with Crippen LogP contribution in [-0.4, -0.2) is 38.3 Å². The number of amides is 2. The third-order valence-electron chi connectivity index (χ3n) is 1.89. The number of aromatic amines is 1. The number of H-pyrrole nitrogens is 1. The first-order valence-corrected chi connectivity index (χ1v) is 4.75. The quantitative estimate of drug-likeness (QED) is 0.538. The second kappa shape index (κ2) is 5.69. The van der Waals surface area contributed by atoms with Crippen LogP contribution in [0.15, 0.2) is 6.33 Å². The van der Waals surface area contributed by atoms with E-state index in [0.717, 1.165) is 0 Å². The molecule has 8 nitrogen and oxygen atoms in total. The van der Waals surface area contributed by atoms with Crippen LogP contribution in [0.25, 0.3) is 0 Å². The molecule has 88 valence electrons. The zero-order valence-corrected chi connectivity index (χ0v) is 8.73. The molecule has 0 aliphatic carbocycles. The highest BCUT2D eigenvalue weighted by atomic mass is 16.4. The fraction of sp³-hybridized carbons (Fsp3) is 0.500. The van der Waals surface area contributed by atoms with E-state index in [9.17, 15) is 9.59 Å². The Labute approximate surface area is 91.5 Å². The van der Waals surface area contributed by atoms with Gasteiger partial charge in [0.05, 0.1) is 6.54 Å². The summed E-state index contributed by atoms with van der Waals surface area (Å²) in [5.41, 5.74) is 0. The molecular weight excluding hydrogens is 214 g/mol. The Morgan fingerprint density at radius 3 is 2.88 bits per heavy atom. The molecule has 1 aromatic rings. The molecule has 16 heavy (non-hydrogen) atoms. The van der Waals surface area contributed by atoms with Crippen LogP contribution < -0.4 is 10.6 Å². The van der Waals surface area contributed by atoms with Gasteiger partial charge in [-0.2, -0.15) is 5.10 Å². The smallest absolute Gasteiger partial charge is 0.326 e. The standard InChI is InChI=1S/C8H13N5O3/c1-2-5(7(14)15)12-8(16)9-3-6-10-4-11-13-6/h4-5H,2-3H2,1H3,(H,14,15)(H2,9,12,16)(H,10,11,13)/t5-/m0/s1. The summed E-state index contributed by atoms with van der Waals surface area (Å²) in [4.78, 5) is 25.7. The van der Waals surface area contributed by atoms with E-state index in [0.29, 0.717) is 12.2 Å². The third-order valence-corrected chi connectivity index (χ3v) is 1.89. The lowest BCUT2D eigenvalue weighted by atomic mass is 10.2. The Morgan fingerprint density at radius 2 is 2.38 bits per heavy atom. The number of carboxylic acids is 1. The molecule has 1 atom stereocenters. The predicted octanol–water partition coefficient (Wildman–Crippen LogP) is -0.533. The molecule has 0 saturated heterocycles. The van der Waals surface area contributed by atoms with Crippen LogP contribution >= 0.6 is 0 Å². The van der Waals surface area contributed by atoms with Gasteiger partial charge in [0.15, 0.2) is 0 Å². The molecule has 0 fully saturated rings. The maximum absolute atomic E-state index is 11.3. The summed E-state index contributed by atoms with van der Waals surface area (Å²) in [6.45, 7) is 1.84. The predicted molar refractivity (Wildman–Crippen MR) is 53.5 cm³/mol. The van der Waals surface area contributed by atoms with Crippen molar-refractivity contribution in [1.29, 1.82) is 0 Å². The molecule has 0 saturated carbocycles. The highest BCUT2D eigenvalue weighted by molar-refractivity contribution is 5.82. The van der Waals surface area contributed by atoms with Crippen LogP contribution in [0.4, 0.5) is 4.79 Å². The van der Waals surface area contributed by atoms with E-state index in [4.69, 9.17) is 5.11 Å². The topological polar surface area (TPSA) is 120 Å². The lowest BCUT2D eigenvalue weighted by Gasteiger charge is -2.12. The van der Waals surface area contributed by atoms with E-state index in [1.54, 1.807) is 6.92 Å². The van der Waals surface area contributed by atoms with Crippen LogP contribution in [0.3, 0.4) is 0 Å². The van der Waals surface area contributed by atoms with Crippen molar-refractivity contribution >= 4 is 12.0 Å². The molecular formula is C8H13N5O3. The first-order valence-electron chi connectivity index (χ1n) is 4.75. The van der Waals surface area contributed by atoms with Crippen LogP contribution in [0, 0.1) is 0 Å². The van der Waals surface area contributed by atoms with Gasteiger partial charge in [-0.15, -0.1) is 0 Å². The Kier molecular flexibility index (Phi) is 4.25. The summed E-state index contributed by atoms with van der Waals surface area (Å²) in [6.07, 6.45) is 1.64. The molecule has 1 aromatic heterocycles. The van der Waals surface area contributed by atoms with Gasteiger partial charge in [-0.25, -0.2) is 14.6 Å². The number of nitrogens with zero attached hydrogens (tertiary/aromatic N) is 2. The minimum atomic E-state index is -1.06. The molecule has 0 aliphatic heterocycles. The monoisotopic (exact) mass is 227 g/mol. The van der Waals surface area contributed by atoms with Crippen molar-refractivity contribution in [2.45, 2.75) is 25.9 Å². The first kappa shape index (κ1) is 12.0. The Bertz CT molecular complexity index is 351. The second-order valence-corrected chi connectivity index (χ2v) is 3.06. The van der Waals surface area contributed by atoms with Crippen molar-refractivity contribution in [2.75, 3.05) is 0 Å². The SMILES string of the molecule is CC[C@H](NC(=O)NCc1ncn[nH]1)C(=O)O. The number of urea groups is 1. The van der Waals surface area contributed by atoms with Crippen LogP contribution in [0.2, 0.25) is 0 Å². The van der Waals surface area contributed by atoms with Crippen molar-refractivity contribution < 1.29 is 14.7 Å². The fourth-order valence-electron chi connectivity index (χ4n) is 1.03.